The fourth-order valence-corrected chi connectivity index (χ4v) is 0.885. The molecule has 0 amide bonds. The average molecular weight is 170 g/mol. The Labute approximate surface area is 74.3 Å². The molecule has 0 spiro atoms. The van der Waals surface area contributed by atoms with Gasteiger partial charge in [0.25, 0.3) is 0 Å². The SMILES string of the molecule is C/C=C(/C=N)OC.C1CCNC1. The molecule has 0 aromatic carbocycles. The fourth-order valence-electron chi connectivity index (χ4n) is 0.885. The second kappa shape index (κ2) is 8.27. The van der Waals surface area contributed by atoms with E-state index in [4.69, 9.17) is 5.41 Å². The van der Waals surface area contributed by atoms with Crippen molar-refractivity contribution in [1.29, 1.82) is 5.41 Å². The topological polar surface area (TPSA) is 45.1 Å². The first-order valence-electron chi connectivity index (χ1n) is 4.26. The van der Waals surface area contributed by atoms with Crippen molar-refractivity contribution < 1.29 is 4.74 Å². The van der Waals surface area contributed by atoms with E-state index in [0.29, 0.717) is 5.76 Å². The van der Waals surface area contributed by atoms with Gasteiger partial charge in [-0.05, 0) is 38.9 Å². The molecular weight excluding hydrogens is 152 g/mol. The normalized spacial score (nSPS) is 16.3. The van der Waals surface area contributed by atoms with E-state index >= 15 is 0 Å². The lowest BCUT2D eigenvalue weighted by atomic mass is 10.4. The van der Waals surface area contributed by atoms with Gasteiger partial charge in [-0.2, -0.15) is 0 Å². The average Bonchev–Trinajstić information content (AvgIpc) is 2.64. The highest BCUT2D eigenvalue weighted by atomic mass is 16.5. The second-order valence-electron chi connectivity index (χ2n) is 2.50. The van der Waals surface area contributed by atoms with Crippen LogP contribution in [0.5, 0.6) is 0 Å². The molecule has 0 atom stereocenters. The first-order chi connectivity index (χ1) is 5.85. The minimum absolute atomic E-state index is 0.597. The van der Waals surface area contributed by atoms with Crippen LogP contribution in [0.3, 0.4) is 0 Å². The number of methoxy groups -OCH3 is 1. The molecule has 1 rings (SSSR count). The lowest BCUT2D eigenvalue weighted by molar-refractivity contribution is 0.316. The predicted molar refractivity (Wildman–Crippen MR) is 51.7 cm³/mol. The van der Waals surface area contributed by atoms with Gasteiger partial charge in [0.15, 0.2) is 0 Å². The molecule has 12 heavy (non-hydrogen) atoms. The standard InChI is InChI=1S/C5H9NO.C4H9N/c1-3-5(4-6)7-2;1-2-4-5-3-1/h3-4,6H,1-2H3;5H,1-4H2/b5-3-,6-4?;. The van der Waals surface area contributed by atoms with Crippen molar-refractivity contribution >= 4 is 6.21 Å². The number of hydrogen-bond donors (Lipinski definition) is 2. The summed E-state index contributed by atoms with van der Waals surface area (Å²) in [5.41, 5.74) is 0. The summed E-state index contributed by atoms with van der Waals surface area (Å²) in [7, 11) is 1.54. The van der Waals surface area contributed by atoms with E-state index in [9.17, 15) is 0 Å². The van der Waals surface area contributed by atoms with Crippen LogP contribution < -0.4 is 5.32 Å². The Morgan fingerprint density at radius 2 is 2.00 bits per heavy atom. The third-order valence-corrected chi connectivity index (χ3v) is 1.62. The summed E-state index contributed by atoms with van der Waals surface area (Å²) in [5, 5.41) is 9.86. The van der Waals surface area contributed by atoms with E-state index in [1.807, 2.05) is 6.92 Å². The van der Waals surface area contributed by atoms with Gasteiger partial charge >= 0.3 is 0 Å². The minimum atomic E-state index is 0.597. The molecule has 0 aromatic heterocycles. The molecule has 0 unspecified atom stereocenters. The van der Waals surface area contributed by atoms with Crippen LogP contribution in [-0.4, -0.2) is 26.4 Å². The number of rotatable bonds is 2. The number of allylic oxidation sites excluding steroid dienone is 2. The van der Waals surface area contributed by atoms with E-state index < -0.39 is 0 Å². The van der Waals surface area contributed by atoms with E-state index in [-0.39, 0.29) is 0 Å². The van der Waals surface area contributed by atoms with Gasteiger partial charge in [-0.15, -0.1) is 0 Å². The molecule has 1 heterocycles. The van der Waals surface area contributed by atoms with Gasteiger partial charge in [0.2, 0.25) is 0 Å². The molecule has 1 aliphatic rings. The van der Waals surface area contributed by atoms with Crippen LogP contribution in [0, 0.1) is 5.41 Å². The predicted octanol–water partition coefficient (Wildman–Crippen LogP) is 1.56. The monoisotopic (exact) mass is 170 g/mol. The molecule has 0 bridgehead atoms. The summed E-state index contributed by atoms with van der Waals surface area (Å²) in [5.74, 6) is 0.597. The molecule has 1 saturated heterocycles. The van der Waals surface area contributed by atoms with Crippen LogP contribution in [0.1, 0.15) is 19.8 Å². The summed E-state index contributed by atoms with van der Waals surface area (Å²) in [6.07, 6.45) is 5.67. The van der Waals surface area contributed by atoms with Gasteiger partial charge in [-0.3, -0.25) is 0 Å². The first kappa shape index (κ1) is 11.2. The second-order valence-corrected chi connectivity index (χ2v) is 2.50. The summed E-state index contributed by atoms with van der Waals surface area (Å²) in [6.45, 7) is 4.32. The van der Waals surface area contributed by atoms with Crippen molar-refractivity contribution in [2.45, 2.75) is 19.8 Å². The van der Waals surface area contributed by atoms with Gasteiger partial charge in [-0.1, -0.05) is 0 Å². The van der Waals surface area contributed by atoms with E-state index in [1.165, 1.54) is 32.1 Å². The molecule has 1 aliphatic heterocycles. The molecule has 0 aromatic rings. The highest BCUT2D eigenvalue weighted by Gasteiger charge is 1.93. The van der Waals surface area contributed by atoms with Crippen molar-refractivity contribution in [3.63, 3.8) is 0 Å². The molecule has 2 N–H and O–H groups in total. The first-order valence-corrected chi connectivity index (χ1v) is 4.26. The van der Waals surface area contributed by atoms with Gasteiger partial charge < -0.3 is 15.5 Å². The van der Waals surface area contributed by atoms with Crippen molar-refractivity contribution in [3.8, 4) is 0 Å². The summed E-state index contributed by atoms with van der Waals surface area (Å²) < 4.78 is 4.67. The molecule has 0 radical (unpaired) electrons. The maximum absolute atomic E-state index is 6.64. The zero-order chi connectivity index (χ0) is 9.23. The van der Waals surface area contributed by atoms with Crippen LogP contribution in [-0.2, 0) is 4.74 Å². The van der Waals surface area contributed by atoms with Gasteiger partial charge in [0, 0.05) is 0 Å². The summed E-state index contributed by atoms with van der Waals surface area (Å²) in [4.78, 5) is 0. The van der Waals surface area contributed by atoms with Crippen LogP contribution >= 0.6 is 0 Å². The summed E-state index contributed by atoms with van der Waals surface area (Å²) in [6, 6.07) is 0. The van der Waals surface area contributed by atoms with Gasteiger partial charge in [-0.25, -0.2) is 0 Å². The van der Waals surface area contributed by atoms with Crippen molar-refractivity contribution in [1.82, 2.24) is 5.32 Å². The van der Waals surface area contributed by atoms with Crippen LogP contribution in [0.15, 0.2) is 11.8 Å². The van der Waals surface area contributed by atoms with Crippen LogP contribution in [0.25, 0.3) is 0 Å². The largest absolute Gasteiger partial charge is 0.496 e. The van der Waals surface area contributed by atoms with E-state index in [0.717, 1.165) is 0 Å². The molecule has 1 fully saturated rings. The Morgan fingerprint density at radius 1 is 1.42 bits per heavy atom. The molecular formula is C9H18N2O. The lowest BCUT2D eigenvalue weighted by Gasteiger charge is -1.92. The maximum atomic E-state index is 6.64. The quantitative estimate of drug-likeness (QED) is 0.488. The Morgan fingerprint density at radius 3 is 2.08 bits per heavy atom. The van der Waals surface area contributed by atoms with Crippen molar-refractivity contribution in [3.05, 3.63) is 11.8 Å². The zero-order valence-corrected chi connectivity index (χ0v) is 7.89. The fraction of sp³-hybridized carbons (Fsp3) is 0.667. The van der Waals surface area contributed by atoms with Crippen LogP contribution in [0.2, 0.25) is 0 Å². The minimum Gasteiger partial charge on any atom is -0.496 e. The van der Waals surface area contributed by atoms with E-state index in [2.05, 4.69) is 10.1 Å². The van der Waals surface area contributed by atoms with E-state index in [1.54, 1.807) is 13.2 Å². The zero-order valence-electron chi connectivity index (χ0n) is 7.89. The van der Waals surface area contributed by atoms with Crippen LogP contribution in [0.4, 0.5) is 0 Å². The van der Waals surface area contributed by atoms with Crippen molar-refractivity contribution in [2.75, 3.05) is 20.2 Å². The lowest BCUT2D eigenvalue weighted by Crippen LogP contribution is -2.03. The Kier molecular flexibility index (Phi) is 7.70. The van der Waals surface area contributed by atoms with Crippen molar-refractivity contribution in [2.24, 2.45) is 0 Å². The highest BCUT2D eigenvalue weighted by Crippen LogP contribution is 1.90. The Bertz CT molecular complexity index is 132. The summed E-state index contributed by atoms with van der Waals surface area (Å²) >= 11 is 0. The number of nitrogens with one attached hydrogen (secondary N) is 2. The highest BCUT2D eigenvalue weighted by molar-refractivity contribution is 5.72. The molecule has 3 nitrogen and oxygen atoms in total. The third kappa shape index (κ3) is 5.92. The van der Waals surface area contributed by atoms with Gasteiger partial charge in [0.05, 0.1) is 13.3 Å². The molecule has 70 valence electrons. The molecule has 3 heteroatoms. The molecule has 0 saturated carbocycles. The third-order valence-electron chi connectivity index (χ3n) is 1.62. The maximum Gasteiger partial charge on any atom is 0.132 e. The number of ether oxygens (including phenoxy) is 1. The Hall–Kier alpha value is -0.830. The van der Waals surface area contributed by atoms with Gasteiger partial charge in [0.1, 0.15) is 5.76 Å². The molecule has 0 aliphatic carbocycles. The Balaban J connectivity index is 0.000000211. The number of hydrogen-bond acceptors (Lipinski definition) is 3. The smallest absolute Gasteiger partial charge is 0.132 e.